The van der Waals surface area contributed by atoms with Gasteiger partial charge in [-0.2, -0.15) is 0 Å². The molecule has 1 aromatic heterocycles. The number of nitrogens with zero attached hydrogens (tertiary/aromatic N) is 2. The van der Waals surface area contributed by atoms with Crippen molar-refractivity contribution in [1.82, 2.24) is 9.55 Å². The van der Waals surface area contributed by atoms with Gasteiger partial charge in [-0.3, -0.25) is 9.36 Å². The Bertz CT molecular complexity index is 605. The van der Waals surface area contributed by atoms with Gasteiger partial charge >= 0.3 is 0 Å². The molecule has 0 saturated carbocycles. The summed E-state index contributed by atoms with van der Waals surface area (Å²) in [4.78, 5) is 16.1. The molecule has 1 atom stereocenters. The van der Waals surface area contributed by atoms with E-state index in [4.69, 9.17) is 0 Å². The Kier molecular flexibility index (Phi) is 4.12. The monoisotopic (exact) mass is 258 g/mol. The molecular formula is C15H18N2O2. The van der Waals surface area contributed by atoms with Crippen molar-refractivity contribution >= 4 is 0 Å². The summed E-state index contributed by atoms with van der Waals surface area (Å²) in [6.45, 7) is 4.08. The van der Waals surface area contributed by atoms with Gasteiger partial charge in [0, 0.05) is 18.3 Å². The first-order valence-electron chi connectivity index (χ1n) is 6.36. The molecule has 2 rings (SSSR count). The molecule has 1 aromatic carbocycles. The summed E-state index contributed by atoms with van der Waals surface area (Å²) in [7, 11) is 0. The van der Waals surface area contributed by atoms with Crippen LogP contribution < -0.4 is 5.56 Å². The molecule has 100 valence electrons. The minimum Gasteiger partial charge on any atom is -0.388 e. The highest BCUT2D eigenvalue weighted by Gasteiger charge is 2.09. The molecule has 0 aliphatic heterocycles. The Balaban J connectivity index is 2.10. The average molecular weight is 258 g/mol. The number of hydrogen-bond acceptors (Lipinski definition) is 3. The lowest BCUT2D eigenvalue weighted by atomic mass is 10.1. The van der Waals surface area contributed by atoms with Crippen LogP contribution in [-0.2, 0) is 6.54 Å². The molecule has 0 fully saturated rings. The fraction of sp³-hybridized carbons (Fsp3) is 0.333. The Hall–Kier alpha value is -1.94. The van der Waals surface area contributed by atoms with Crippen molar-refractivity contribution in [3.8, 4) is 0 Å². The fourth-order valence-electron chi connectivity index (χ4n) is 2.13. The number of rotatable bonds is 4. The summed E-state index contributed by atoms with van der Waals surface area (Å²) in [6.07, 6.45) is -0.0658. The summed E-state index contributed by atoms with van der Waals surface area (Å²) in [5.41, 5.74) is 1.53. The van der Waals surface area contributed by atoms with E-state index in [1.807, 2.05) is 37.3 Å². The van der Waals surface area contributed by atoms with Crippen LogP contribution in [0.15, 0.2) is 41.2 Å². The van der Waals surface area contributed by atoms with Crippen LogP contribution in [0.3, 0.4) is 0 Å². The molecule has 2 aromatic rings. The van der Waals surface area contributed by atoms with Crippen LogP contribution in [0.2, 0.25) is 0 Å². The van der Waals surface area contributed by atoms with Crippen LogP contribution in [0.5, 0.6) is 0 Å². The van der Waals surface area contributed by atoms with Crippen molar-refractivity contribution < 1.29 is 5.11 Å². The lowest BCUT2D eigenvalue weighted by Crippen LogP contribution is -2.24. The van der Waals surface area contributed by atoms with Gasteiger partial charge in [-0.15, -0.1) is 0 Å². The maximum absolute atomic E-state index is 11.9. The van der Waals surface area contributed by atoms with Gasteiger partial charge in [-0.05, 0) is 25.8 Å². The van der Waals surface area contributed by atoms with E-state index in [0.717, 1.165) is 11.3 Å². The van der Waals surface area contributed by atoms with E-state index in [1.165, 1.54) is 6.07 Å². The predicted molar refractivity (Wildman–Crippen MR) is 74.0 cm³/mol. The summed E-state index contributed by atoms with van der Waals surface area (Å²) >= 11 is 0. The number of aliphatic hydroxyl groups excluding tert-OH is 1. The number of aliphatic hydroxyl groups is 1. The largest absolute Gasteiger partial charge is 0.388 e. The molecule has 1 heterocycles. The van der Waals surface area contributed by atoms with E-state index in [0.29, 0.717) is 18.8 Å². The van der Waals surface area contributed by atoms with E-state index in [-0.39, 0.29) is 5.56 Å². The quantitative estimate of drug-likeness (QED) is 0.912. The molecule has 4 nitrogen and oxygen atoms in total. The maximum atomic E-state index is 11.9. The van der Waals surface area contributed by atoms with Crippen LogP contribution in [0, 0.1) is 13.8 Å². The summed E-state index contributed by atoms with van der Waals surface area (Å²) < 4.78 is 1.60. The van der Waals surface area contributed by atoms with Gasteiger partial charge in [0.2, 0.25) is 0 Å². The maximum Gasteiger partial charge on any atom is 0.253 e. The minimum atomic E-state index is -0.561. The summed E-state index contributed by atoms with van der Waals surface area (Å²) in [5.74, 6) is 0.685. The van der Waals surface area contributed by atoms with E-state index in [2.05, 4.69) is 4.98 Å². The Morgan fingerprint density at radius 3 is 2.58 bits per heavy atom. The zero-order valence-corrected chi connectivity index (χ0v) is 11.2. The van der Waals surface area contributed by atoms with Crippen LogP contribution in [0.1, 0.15) is 29.6 Å². The molecule has 19 heavy (non-hydrogen) atoms. The highest BCUT2D eigenvalue weighted by Crippen LogP contribution is 2.16. The van der Waals surface area contributed by atoms with Gasteiger partial charge in [-0.1, -0.05) is 30.3 Å². The number of aromatic nitrogens is 2. The topological polar surface area (TPSA) is 55.1 Å². The number of benzene rings is 1. The van der Waals surface area contributed by atoms with Gasteiger partial charge < -0.3 is 5.11 Å². The van der Waals surface area contributed by atoms with Crippen LogP contribution in [0.25, 0.3) is 0 Å². The smallest absolute Gasteiger partial charge is 0.253 e. The van der Waals surface area contributed by atoms with Crippen molar-refractivity contribution in [2.75, 3.05) is 0 Å². The molecule has 0 amide bonds. The van der Waals surface area contributed by atoms with Gasteiger partial charge in [0.15, 0.2) is 0 Å². The van der Waals surface area contributed by atoms with E-state index in [9.17, 15) is 9.90 Å². The zero-order chi connectivity index (χ0) is 13.8. The van der Waals surface area contributed by atoms with Crippen molar-refractivity contribution in [3.05, 3.63) is 63.8 Å². The van der Waals surface area contributed by atoms with Gasteiger partial charge in [0.25, 0.3) is 5.56 Å². The first-order chi connectivity index (χ1) is 9.08. The van der Waals surface area contributed by atoms with Crippen molar-refractivity contribution in [2.24, 2.45) is 0 Å². The lowest BCUT2D eigenvalue weighted by Gasteiger charge is -2.13. The molecular weight excluding hydrogens is 240 g/mol. The minimum absolute atomic E-state index is 0.0646. The third-order valence-corrected chi connectivity index (χ3v) is 3.14. The first kappa shape index (κ1) is 13.5. The second-order valence-electron chi connectivity index (χ2n) is 4.65. The first-order valence-corrected chi connectivity index (χ1v) is 6.36. The number of hydrogen-bond donors (Lipinski definition) is 1. The standard InChI is InChI=1S/C15H18N2O2/c1-11-10-15(19)17(12(2)16-11)9-8-14(18)13-6-4-3-5-7-13/h3-7,10,14,18H,8-9H2,1-2H3. The second-order valence-corrected chi connectivity index (χ2v) is 4.65. The average Bonchev–Trinajstić information content (AvgIpc) is 2.38. The molecule has 0 radical (unpaired) electrons. The molecule has 4 heteroatoms. The normalized spacial score (nSPS) is 12.4. The SMILES string of the molecule is Cc1cc(=O)n(CCC(O)c2ccccc2)c(C)n1. The van der Waals surface area contributed by atoms with E-state index < -0.39 is 6.10 Å². The third-order valence-electron chi connectivity index (χ3n) is 3.14. The van der Waals surface area contributed by atoms with Crippen LogP contribution in [-0.4, -0.2) is 14.7 Å². The van der Waals surface area contributed by atoms with Gasteiger partial charge in [0.1, 0.15) is 5.82 Å². The highest BCUT2D eigenvalue weighted by atomic mass is 16.3. The molecule has 0 spiro atoms. The molecule has 1 unspecified atom stereocenters. The molecule has 0 aliphatic carbocycles. The fourth-order valence-corrected chi connectivity index (χ4v) is 2.13. The number of aryl methyl sites for hydroxylation is 2. The predicted octanol–water partition coefficient (Wildman–Crippen LogP) is 1.98. The van der Waals surface area contributed by atoms with Crippen molar-refractivity contribution in [3.63, 3.8) is 0 Å². The Morgan fingerprint density at radius 1 is 1.26 bits per heavy atom. The highest BCUT2D eigenvalue weighted by molar-refractivity contribution is 5.17. The summed E-state index contributed by atoms with van der Waals surface area (Å²) in [5, 5.41) is 10.1. The Morgan fingerprint density at radius 2 is 1.95 bits per heavy atom. The van der Waals surface area contributed by atoms with Crippen LogP contribution in [0.4, 0.5) is 0 Å². The van der Waals surface area contributed by atoms with E-state index >= 15 is 0 Å². The van der Waals surface area contributed by atoms with Crippen LogP contribution >= 0.6 is 0 Å². The molecule has 0 aliphatic rings. The Labute approximate surface area is 112 Å². The molecule has 1 N–H and O–H groups in total. The van der Waals surface area contributed by atoms with Crippen molar-refractivity contribution in [1.29, 1.82) is 0 Å². The van der Waals surface area contributed by atoms with Gasteiger partial charge in [-0.25, -0.2) is 4.98 Å². The zero-order valence-electron chi connectivity index (χ0n) is 11.2. The van der Waals surface area contributed by atoms with E-state index in [1.54, 1.807) is 11.5 Å². The third kappa shape index (κ3) is 3.29. The lowest BCUT2D eigenvalue weighted by molar-refractivity contribution is 0.160. The van der Waals surface area contributed by atoms with Gasteiger partial charge in [0.05, 0.1) is 6.10 Å². The molecule has 0 saturated heterocycles. The van der Waals surface area contributed by atoms with Crippen molar-refractivity contribution in [2.45, 2.75) is 32.9 Å². The summed E-state index contributed by atoms with van der Waals surface area (Å²) in [6, 6.07) is 11.0. The second kappa shape index (κ2) is 5.80. The molecule has 0 bridgehead atoms.